The van der Waals surface area contributed by atoms with E-state index in [-0.39, 0.29) is 4.90 Å². The molecule has 0 radical (unpaired) electrons. The first kappa shape index (κ1) is 13.6. The molecule has 3 aromatic rings. The van der Waals surface area contributed by atoms with Gasteiger partial charge in [-0.15, -0.1) is 4.83 Å². The average Bonchev–Trinajstić information content (AvgIpc) is 2.53. The molecule has 106 valence electrons. The molecule has 21 heavy (non-hydrogen) atoms. The highest BCUT2D eigenvalue weighted by atomic mass is 32.2. The van der Waals surface area contributed by atoms with Crippen LogP contribution >= 0.6 is 0 Å². The predicted octanol–water partition coefficient (Wildman–Crippen LogP) is 3.15. The SMILES string of the molecule is O=S(=O)(NNc1ccccc1)c1ccc2ccccc2c1. The lowest BCUT2D eigenvalue weighted by Gasteiger charge is -2.10. The topological polar surface area (TPSA) is 58.2 Å². The standard InChI is InChI=1S/C16H14N2O2S/c19-21(20,18-17-15-8-2-1-3-9-15)16-11-10-13-6-4-5-7-14(13)12-16/h1-12,17-18H. The Kier molecular flexibility index (Phi) is 3.60. The van der Waals surface area contributed by atoms with E-state index in [4.69, 9.17) is 0 Å². The Hall–Kier alpha value is -2.37. The molecular weight excluding hydrogens is 284 g/mol. The molecule has 0 aromatic heterocycles. The van der Waals surface area contributed by atoms with Crippen molar-refractivity contribution in [3.63, 3.8) is 0 Å². The van der Waals surface area contributed by atoms with Crippen molar-refractivity contribution in [2.45, 2.75) is 4.90 Å². The van der Waals surface area contributed by atoms with Crippen molar-refractivity contribution >= 4 is 26.5 Å². The van der Waals surface area contributed by atoms with Crippen molar-refractivity contribution in [1.82, 2.24) is 4.83 Å². The Bertz CT molecular complexity index is 862. The number of para-hydroxylation sites is 1. The van der Waals surface area contributed by atoms with Gasteiger partial charge in [-0.3, -0.25) is 0 Å². The highest BCUT2D eigenvalue weighted by Gasteiger charge is 2.13. The van der Waals surface area contributed by atoms with Gasteiger partial charge in [0.05, 0.1) is 4.90 Å². The quantitative estimate of drug-likeness (QED) is 0.727. The lowest BCUT2D eigenvalue weighted by Crippen LogP contribution is -2.29. The van der Waals surface area contributed by atoms with Crippen molar-refractivity contribution < 1.29 is 8.42 Å². The second-order valence-corrected chi connectivity index (χ2v) is 6.29. The second kappa shape index (κ2) is 5.55. The van der Waals surface area contributed by atoms with Crippen LogP contribution in [0.15, 0.2) is 77.7 Å². The molecule has 0 unspecified atom stereocenters. The first-order valence-corrected chi connectivity index (χ1v) is 7.95. The summed E-state index contributed by atoms with van der Waals surface area (Å²) >= 11 is 0. The van der Waals surface area contributed by atoms with E-state index in [1.807, 2.05) is 42.5 Å². The van der Waals surface area contributed by atoms with Gasteiger partial charge in [0.2, 0.25) is 0 Å². The smallest absolute Gasteiger partial charge is 0.257 e. The third-order valence-corrected chi connectivity index (χ3v) is 4.38. The van der Waals surface area contributed by atoms with E-state index >= 15 is 0 Å². The molecule has 0 fully saturated rings. The molecule has 4 nitrogen and oxygen atoms in total. The van der Waals surface area contributed by atoms with Gasteiger partial charge >= 0.3 is 0 Å². The number of hydrazine groups is 1. The molecule has 3 rings (SSSR count). The molecule has 0 saturated carbocycles. The Morgan fingerprint density at radius 2 is 1.38 bits per heavy atom. The summed E-state index contributed by atoms with van der Waals surface area (Å²) in [5, 5.41) is 1.90. The van der Waals surface area contributed by atoms with Gasteiger partial charge in [-0.1, -0.05) is 48.5 Å². The van der Waals surface area contributed by atoms with Crippen molar-refractivity contribution in [3.8, 4) is 0 Å². The van der Waals surface area contributed by atoms with E-state index in [1.165, 1.54) is 0 Å². The molecular formula is C16H14N2O2S. The third kappa shape index (κ3) is 3.04. The minimum Gasteiger partial charge on any atom is -0.308 e. The van der Waals surface area contributed by atoms with E-state index in [0.717, 1.165) is 10.8 Å². The van der Waals surface area contributed by atoms with Crippen LogP contribution in [0.4, 0.5) is 5.69 Å². The molecule has 0 heterocycles. The normalized spacial score (nSPS) is 11.4. The van der Waals surface area contributed by atoms with Gasteiger partial charge in [0.1, 0.15) is 0 Å². The maximum atomic E-state index is 12.3. The van der Waals surface area contributed by atoms with Crippen molar-refractivity contribution in [2.75, 3.05) is 5.43 Å². The van der Waals surface area contributed by atoms with Gasteiger partial charge < -0.3 is 5.43 Å². The Morgan fingerprint density at radius 3 is 2.14 bits per heavy atom. The minimum absolute atomic E-state index is 0.227. The fourth-order valence-corrected chi connectivity index (χ4v) is 2.94. The van der Waals surface area contributed by atoms with Gasteiger partial charge in [-0.25, -0.2) is 8.42 Å². The summed E-state index contributed by atoms with van der Waals surface area (Å²) < 4.78 is 24.6. The van der Waals surface area contributed by atoms with Crippen LogP contribution in [-0.2, 0) is 10.0 Å². The van der Waals surface area contributed by atoms with E-state index in [2.05, 4.69) is 10.3 Å². The Morgan fingerprint density at radius 1 is 0.714 bits per heavy atom. The summed E-state index contributed by atoms with van der Waals surface area (Å²) in [5.41, 5.74) is 3.38. The van der Waals surface area contributed by atoms with E-state index in [1.54, 1.807) is 30.3 Å². The molecule has 0 spiro atoms. The molecule has 5 heteroatoms. The predicted molar refractivity (Wildman–Crippen MR) is 84.3 cm³/mol. The molecule has 2 N–H and O–H groups in total. The molecule has 3 aromatic carbocycles. The van der Waals surface area contributed by atoms with Crippen molar-refractivity contribution in [3.05, 3.63) is 72.8 Å². The number of sulfonamides is 1. The van der Waals surface area contributed by atoms with E-state index in [0.29, 0.717) is 5.69 Å². The Labute approximate surface area is 123 Å². The van der Waals surface area contributed by atoms with Crippen LogP contribution in [-0.4, -0.2) is 8.42 Å². The number of fused-ring (bicyclic) bond motifs is 1. The average molecular weight is 298 g/mol. The summed E-state index contributed by atoms with van der Waals surface area (Å²) in [6.45, 7) is 0. The first-order valence-electron chi connectivity index (χ1n) is 6.47. The number of benzene rings is 3. The van der Waals surface area contributed by atoms with Crippen molar-refractivity contribution in [1.29, 1.82) is 0 Å². The number of anilines is 1. The van der Waals surface area contributed by atoms with E-state index < -0.39 is 10.0 Å². The number of hydrogen-bond acceptors (Lipinski definition) is 3. The van der Waals surface area contributed by atoms with Crippen LogP contribution in [0, 0.1) is 0 Å². The number of rotatable bonds is 4. The Balaban J connectivity index is 1.86. The highest BCUT2D eigenvalue weighted by Crippen LogP contribution is 2.18. The zero-order chi connectivity index (χ0) is 14.7. The van der Waals surface area contributed by atoms with Crippen LogP contribution in [0.2, 0.25) is 0 Å². The highest BCUT2D eigenvalue weighted by molar-refractivity contribution is 7.89. The molecule has 0 bridgehead atoms. The van der Waals surface area contributed by atoms with Crippen LogP contribution in [0.5, 0.6) is 0 Å². The van der Waals surface area contributed by atoms with E-state index in [9.17, 15) is 8.42 Å². The summed E-state index contributed by atoms with van der Waals surface area (Å²) in [5.74, 6) is 0. The minimum atomic E-state index is -3.61. The number of hydrogen-bond donors (Lipinski definition) is 2. The van der Waals surface area contributed by atoms with Gasteiger partial charge in [-0.05, 0) is 35.0 Å². The maximum Gasteiger partial charge on any atom is 0.257 e. The van der Waals surface area contributed by atoms with Crippen molar-refractivity contribution in [2.24, 2.45) is 0 Å². The van der Waals surface area contributed by atoms with Crippen LogP contribution < -0.4 is 10.3 Å². The van der Waals surface area contributed by atoms with Crippen LogP contribution in [0.1, 0.15) is 0 Å². The molecule has 0 amide bonds. The fourth-order valence-electron chi connectivity index (χ4n) is 2.04. The molecule has 0 aliphatic rings. The summed E-state index contributed by atoms with van der Waals surface area (Å²) in [6, 6.07) is 21.8. The monoisotopic (exact) mass is 298 g/mol. The molecule has 0 aliphatic carbocycles. The first-order chi connectivity index (χ1) is 10.1. The largest absolute Gasteiger partial charge is 0.308 e. The summed E-state index contributed by atoms with van der Waals surface area (Å²) in [7, 11) is -3.61. The van der Waals surface area contributed by atoms with Gasteiger partial charge in [0.25, 0.3) is 10.0 Å². The third-order valence-electron chi connectivity index (χ3n) is 3.13. The van der Waals surface area contributed by atoms with Gasteiger partial charge in [0, 0.05) is 5.69 Å². The molecule has 0 saturated heterocycles. The lowest BCUT2D eigenvalue weighted by atomic mass is 10.1. The van der Waals surface area contributed by atoms with Crippen LogP contribution in [0.25, 0.3) is 10.8 Å². The summed E-state index contributed by atoms with van der Waals surface area (Å²) in [4.78, 5) is 2.61. The molecule has 0 aliphatic heterocycles. The summed E-state index contributed by atoms with van der Waals surface area (Å²) in [6.07, 6.45) is 0. The second-order valence-electron chi connectivity index (χ2n) is 4.61. The van der Waals surface area contributed by atoms with Gasteiger partial charge in [-0.2, -0.15) is 0 Å². The zero-order valence-corrected chi connectivity index (χ0v) is 12.0. The lowest BCUT2D eigenvalue weighted by molar-refractivity contribution is 0.588. The molecule has 0 atom stereocenters. The van der Waals surface area contributed by atoms with Crippen LogP contribution in [0.3, 0.4) is 0 Å². The maximum absolute atomic E-state index is 12.3. The number of nitrogens with one attached hydrogen (secondary N) is 2. The fraction of sp³-hybridized carbons (Fsp3) is 0. The van der Waals surface area contributed by atoms with Gasteiger partial charge in [0.15, 0.2) is 0 Å². The zero-order valence-electron chi connectivity index (χ0n) is 11.2.